The van der Waals surface area contributed by atoms with Crippen molar-refractivity contribution in [2.75, 3.05) is 25.1 Å². The van der Waals surface area contributed by atoms with E-state index in [1.54, 1.807) is 9.80 Å². The Kier molecular flexibility index (Phi) is 4.73. The summed E-state index contributed by atoms with van der Waals surface area (Å²) in [6.07, 6.45) is 0.843. The molecule has 0 saturated carbocycles. The first-order valence-corrected chi connectivity index (χ1v) is 10.7. The fourth-order valence-electron chi connectivity index (χ4n) is 4.35. The van der Waals surface area contributed by atoms with Gasteiger partial charge in [0.1, 0.15) is 0 Å². The average Bonchev–Trinajstić information content (AvgIpc) is 3.03. The molecule has 2 aliphatic rings. The molecular weight excluding hydrogens is 406 g/mol. The van der Waals surface area contributed by atoms with Gasteiger partial charge < -0.3 is 9.64 Å². The topological polar surface area (TPSA) is 80.6 Å². The molecule has 0 aliphatic carbocycles. The first-order valence-electron chi connectivity index (χ1n) is 10.7. The summed E-state index contributed by atoms with van der Waals surface area (Å²) in [6.45, 7) is 5.02. The van der Waals surface area contributed by atoms with Crippen LogP contribution in [0.25, 0.3) is 11.3 Å². The van der Waals surface area contributed by atoms with Crippen molar-refractivity contribution in [3.63, 3.8) is 0 Å². The van der Waals surface area contributed by atoms with E-state index in [4.69, 9.17) is 9.72 Å². The van der Waals surface area contributed by atoms with Gasteiger partial charge in [-0.15, -0.1) is 0 Å². The smallest absolute Gasteiger partial charge is 0.266 e. The molecule has 0 radical (unpaired) electrons. The Morgan fingerprint density at radius 3 is 2.66 bits per heavy atom. The van der Waals surface area contributed by atoms with Gasteiger partial charge in [0.2, 0.25) is 0 Å². The van der Waals surface area contributed by atoms with Crippen LogP contribution in [0.5, 0.6) is 5.75 Å². The van der Waals surface area contributed by atoms with E-state index in [1.807, 2.05) is 63.0 Å². The standard InChI is InChI=1S/C24H25N5O3/c1-14-19(15(2)28(4)26-14)12-29-22(30)13-32-21-8-7-20(25-23(21)29)17-6-5-16-9-10-27(3)24(31)18(16)11-17/h5-8,11H,9-10,12-13H2,1-4H3. The lowest BCUT2D eigenvalue weighted by Crippen LogP contribution is -2.39. The number of amides is 2. The molecule has 1 aromatic carbocycles. The number of aromatic nitrogens is 3. The maximum Gasteiger partial charge on any atom is 0.266 e. The predicted octanol–water partition coefficient (Wildman–Crippen LogP) is 2.65. The third-order valence-electron chi connectivity index (χ3n) is 6.42. The van der Waals surface area contributed by atoms with Crippen molar-refractivity contribution in [3.8, 4) is 17.0 Å². The molecule has 0 spiro atoms. The van der Waals surface area contributed by atoms with Gasteiger partial charge in [-0.25, -0.2) is 4.98 Å². The molecular formula is C24H25N5O3. The predicted molar refractivity (Wildman–Crippen MR) is 120 cm³/mol. The van der Waals surface area contributed by atoms with E-state index in [0.717, 1.165) is 41.0 Å². The van der Waals surface area contributed by atoms with Crippen molar-refractivity contribution in [3.05, 3.63) is 58.4 Å². The minimum Gasteiger partial charge on any atom is -0.480 e. The van der Waals surface area contributed by atoms with Gasteiger partial charge in [0.15, 0.2) is 18.2 Å². The van der Waals surface area contributed by atoms with E-state index in [2.05, 4.69) is 5.10 Å². The molecule has 0 saturated heterocycles. The summed E-state index contributed by atoms with van der Waals surface area (Å²) in [5.74, 6) is 0.935. The molecule has 0 atom stereocenters. The average molecular weight is 431 g/mol. The van der Waals surface area contributed by atoms with E-state index in [-0.39, 0.29) is 18.4 Å². The van der Waals surface area contributed by atoms with Crippen LogP contribution < -0.4 is 9.64 Å². The van der Waals surface area contributed by atoms with Gasteiger partial charge in [-0.05, 0) is 44.0 Å². The van der Waals surface area contributed by atoms with E-state index in [9.17, 15) is 9.59 Å². The van der Waals surface area contributed by atoms with Crippen LogP contribution in [0.1, 0.15) is 32.9 Å². The monoisotopic (exact) mass is 431 g/mol. The SMILES string of the molecule is Cc1nn(C)c(C)c1CN1C(=O)COc2ccc(-c3ccc4c(c3)C(=O)N(C)CC4)nc21. The Bertz CT molecular complexity index is 1260. The lowest BCUT2D eigenvalue weighted by molar-refractivity contribution is -0.121. The number of carbonyl (C=O) groups excluding carboxylic acids is 2. The highest BCUT2D eigenvalue weighted by Gasteiger charge is 2.29. The number of hydrogen-bond donors (Lipinski definition) is 0. The van der Waals surface area contributed by atoms with Crippen molar-refractivity contribution in [2.24, 2.45) is 7.05 Å². The van der Waals surface area contributed by atoms with Crippen LogP contribution in [0.3, 0.4) is 0 Å². The lowest BCUT2D eigenvalue weighted by Gasteiger charge is -2.29. The van der Waals surface area contributed by atoms with Crippen molar-refractivity contribution >= 4 is 17.6 Å². The zero-order valence-electron chi connectivity index (χ0n) is 18.7. The number of hydrogen-bond acceptors (Lipinski definition) is 5. The van der Waals surface area contributed by atoms with Crippen molar-refractivity contribution in [1.82, 2.24) is 19.7 Å². The van der Waals surface area contributed by atoms with E-state index >= 15 is 0 Å². The molecule has 0 bridgehead atoms. The molecule has 2 amide bonds. The van der Waals surface area contributed by atoms with Crippen LogP contribution in [0, 0.1) is 13.8 Å². The number of carbonyl (C=O) groups is 2. The van der Waals surface area contributed by atoms with Crippen LogP contribution in [-0.4, -0.2) is 51.7 Å². The number of fused-ring (bicyclic) bond motifs is 2. The summed E-state index contributed by atoms with van der Waals surface area (Å²) >= 11 is 0. The number of aryl methyl sites for hydroxylation is 2. The largest absolute Gasteiger partial charge is 0.480 e. The maximum absolute atomic E-state index is 12.8. The molecule has 0 fully saturated rings. The molecule has 8 heteroatoms. The van der Waals surface area contributed by atoms with Crippen LogP contribution in [-0.2, 0) is 24.8 Å². The summed E-state index contributed by atoms with van der Waals surface area (Å²) in [6, 6.07) is 9.59. The molecule has 3 aromatic rings. The summed E-state index contributed by atoms with van der Waals surface area (Å²) in [5.41, 5.74) is 6.19. The van der Waals surface area contributed by atoms with Crippen molar-refractivity contribution in [1.29, 1.82) is 0 Å². The fraction of sp³-hybridized carbons (Fsp3) is 0.333. The molecule has 32 heavy (non-hydrogen) atoms. The first-order chi connectivity index (χ1) is 15.3. The minimum absolute atomic E-state index is 0.0218. The van der Waals surface area contributed by atoms with Crippen LogP contribution in [0.15, 0.2) is 30.3 Å². The Labute approximate surface area is 186 Å². The summed E-state index contributed by atoms with van der Waals surface area (Å²) < 4.78 is 7.47. The highest BCUT2D eigenvalue weighted by Crippen LogP contribution is 2.35. The number of nitrogens with zero attached hydrogens (tertiary/aromatic N) is 5. The van der Waals surface area contributed by atoms with Crippen LogP contribution in [0.2, 0.25) is 0 Å². The number of rotatable bonds is 3. The molecule has 2 aliphatic heterocycles. The zero-order valence-corrected chi connectivity index (χ0v) is 18.7. The Hall–Kier alpha value is -3.68. The highest BCUT2D eigenvalue weighted by atomic mass is 16.5. The van der Waals surface area contributed by atoms with Gasteiger partial charge in [-0.2, -0.15) is 5.10 Å². The van der Waals surface area contributed by atoms with E-state index in [1.165, 1.54) is 0 Å². The molecule has 0 unspecified atom stereocenters. The Morgan fingerprint density at radius 1 is 1.09 bits per heavy atom. The van der Waals surface area contributed by atoms with Gasteiger partial charge in [0, 0.05) is 43.0 Å². The second kappa shape index (κ2) is 7.47. The first kappa shape index (κ1) is 20.2. The maximum atomic E-state index is 12.8. The van der Waals surface area contributed by atoms with Gasteiger partial charge in [0.05, 0.1) is 17.9 Å². The second-order valence-electron chi connectivity index (χ2n) is 8.41. The Morgan fingerprint density at radius 2 is 1.91 bits per heavy atom. The number of pyridine rings is 1. The quantitative estimate of drug-likeness (QED) is 0.637. The zero-order chi connectivity index (χ0) is 22.6. The van der Waals surface area contributed by atoms with E-state index in [0.29, 0.717) is 29.4 Å². The van der Waals surface area contributed by atoms with Crippen molar-refractivity contribution < 1.29 is 14.3 Å². The van der Waals surface area contributed by atoms with Gasteiger partial charge in [0.25, 0.3) is 11.8 Å². The molecule has 4 heterocycles. The lowest BCUT2D eigenvalue weighted by atomic mass is 9.96. The third-order valence-corrected chi connectivity index (χ3v) is 6.42. The normalized spacial score (nSPS) is 15.5. The van der Waals surface area contributed by atoms with E-state index < -0.39 is 0 Å². The third kappa shape index (κ3) is 3.23. The second-order valence-corrected chi connectivity index (χ2v) is 8.41. The molecule has 5 rings (SSSR count). The van der Waals surface area contributed by atoms with Crippen LogP contribution >= 0.6 is 0 Å². The number of anilines is 1. The summed E-state index contributed by atoms with van der Waals surface area (Å²) in [7, 11) is 3.71. The van der Waals surface area contributed by atoms with Gasteiger partial charge in [-0.3, -0.25) is 19.2 Å². The summed E-state index contributed by atoms with van der Waals surface area (Å²) in [4.78, 5) is 33.6. The van der Waals surface area contributed by atoms with Gasteiger partial charge >= 0.3 is 0 Å². The molecule has 0 N–H and O–H groups in total. The fourth-order valence-corrected chi connectivity index (χ4v) is 4.35. The van der Waals surface area contributed by atoms with Crippen LogP contribution in [0.4, 0.5) is 5.82 Å². The number of likely N-dealkylation sites (N-methyl/N-ethyl adjacent to an activating group) is 1. The number of benzene rings is 1. The Balaban J connectivity index is 1.55. The highest BCUT2D eigenvalue weighted by molar-refractivity contribution is 5.98. The summed E-state index contributed by atoms with van der Waals surface area (Å²) in [5, 5.41) is 4.47. The van der Waals surface area contributed by atoms with Crippen molar-refractivity contribution in [2.45, 2.75) is 26.8 Å². The molecule has 2 aromatic heterocycles. The molecule has 8 nitrogen and oxygen atoms in total. The number of ether oxygens (including phenoxy) is 1. The molecule has 164 valence electrons. The van der Waals surface area contributed by atoms with Gasteiger partial charge in [-0.1, -0.05) is 12.1 Å². The minimum atomic E-state index is -0.146.